The van der Waals surface area contributed by atoms with Gasteiger partial charge < -0.3 is 9.42 Å². The Morgan fingerprint density at radius 1 is 1.14 bits per heavy atom. The summed E-state index contributed by atoms with van der Waals surface area (Å²) < 4.78 is 45.5. The van der Waals surface area contributed by atoms with Crippen molar-refractivity contribution in [3.8, 4) is 11.5 Å². The molecule has 0 saturated carbocycles. The number of carbonyl (C=O) groups is 1. The number of rotatable bonds is 3. The summed E-state index contributed by atoms with van der Waals surface area (Å²) in [5, 5.41) is 3.93. The molecule has 6 nitrogen and oxygen atoms in total. The fraction of sp³-hybridized carbons (Fsp3) is 0.263. The fourth-order valence-corrected chi connectivity index (χ4v) is 3.24. The Kier molecular flexibility index (Phi) is 4.81. The van der Waals surface area contributed by atoms with Crippen LogP contribution in [0.3, 0.4) is 0 Å². The summed E-state index contributed by atoms with van der Waals surface area (Å²) in [6, 6.07) is 4.51. The number of halogens is 3. The first-order chi connectivity index (χ1) is 13.5. The van der Waals surface area contributed by atoms with E-state index in [0.29, 0.717) is 25.3 Å². The summed E-state index contributed by atoms with van der Waals surface area (Å²) in [4.78, 5) is 22.1. The van der Waals surface area contributed by atoms with Crippen LogP contribution < -0.4 is 0 Å². The fourth-order valence-electron chi connectivity index (χ4n) is 3.24. The minimum absolute atomic E-state index is 0.0407. The van der Waals surface area contributed by atoms with E-state index in [1.807, 2.05) is 0 Å². The molecule has 4 rings (SSSR count). The lowest BCUT2D eigenvalue weighted by Gasteiger charge is -2.31. The van der Waals surface area contributed by atoms with E-state index in [1.165, 1.54) is 18.3 Å². The van der Waals surface area contributed by atoms with Gasteiger partial charge in [-0.25, -0.2) is 13.2 Å². The van der Waals surface area contributed by atoms with E-state index in [9.17, 15) is 18.0 Å². The van der Waals surface area contributed by atoms with Crippen LogP contribution in [-0.4, -0.2) is 39.0 Å². The molecular weight excluding hydrogens is 373 g/mol. The van der Waals surface area contributed by atoms with Gasteiger partial charge in [-0.2, -0.15) is 4.98 Å². The zero-order valence-corrected chi connectivity index (χ0v) is 14.6. The molecule has 1 atom stereocenters. The average Bonchev–Trinajstić information content (AvgIpc) is 3.20. The van der Waals surface area contributed by atoms with E-state index in [4.69, 9.17) is 4.52 Å². The second-order valence-corrected chi connectivity index (χ2v) is 6.53. The third-order valence-corrected chi connectivity index (χ3v) is 4.68. The van der Waals surface area contributed by atoms with Crippen LogP contribution in [0.15, 0.2) is 41.2 Å². The van der Waals surface area contributed by atoms with Crippen LogP contribution in [-0.2, 0) is 0 Å². The number of amides is 1. The van der Waals surface area contributed by atoms with Gasteiger partial charge >= 0.3 is 0 Å². The molecule has 144 valence electrons. The number of piperidine rings is 1. The second-order valence-electron chi connectivity index (χ2n) is 6.53. The molecule has 1 amide bonds. The van der Waals surface area contributed by atoms with Gasteiger partial charge in [0, 0.05) is 30.8 Å². The Morgan fingerprint density at radius 3 is 2.79 bits per heavy atom. The third kappa shape index (κ3) is 3.47. The van der Waals surface area contributed by atoms with Gasteiger partial charge in [-0.05, 0) is 37.1 Å². The molecule has 1 saturated heterocycles. The highest BCUT2D eigenvalue weighted by Crippen LogP contribution is 2.28. The molecule has 3 heterocycles. The lowest BCUT2D eigenvalue weighted by atomic mass is 9.96. The number of benzene rings is 1. The minimum Gasteiger partial charge on any atom is -0.338 e. The normalized spacial score (nSPS) is 17.0. The summed E-state index contributed by atoms with van der Waals surface area (Å²) in [7, 11) is 0. The number of nitrogens with zero attached hydrogens (tertiary/aromatic N) is 4. The van der Waals surface area contributed by atoms with Gasteiger partial charge in [-0.15, -0.1) is 0 Å². The van der Waals surface area contributed by atoms with Crippen molar-refractivity contribution < 1.29 is 22.5 Å². The molecular formula is C19H15F3N4O2. The molecule has 2 aromatic heterocycles. The van der Waals surface area contributed by atoms with Crippen LogP contribution in [0.5, 0.6) is 0 Å². The van der Waals surface area contributed by atoms with E-state index in [2.05, 4.69) is 15.1 Å². The van der Waals surface area contributed by atoms with Gasteiger partial charge in [0.1, 0.15) is 0 Å². The standard InChI is InChI=1S/C19H15F3N4O2/c20-14-4-3-11(8-15(14)21)19(27)26-7-1-2-12(10-26)17-24-18(28-25-17)13-5-6-23-9-16(13)22/h3-6,8-9,12H,1-2,7,10H2/t12-/m0/s1. The van der Waals surface area contributed by atoms with Crippen molar-refractivity contribution in [1.29, 1.82) is 0 Å². The summed E-state index contributed by atoms with van der Waals surface area (Å²) in [6.07, 6.45) is 3.89. The lowest BCUT2D eigenvalue weighted by molar-refractivity contribution is 0.0703. The quantitative estimate of drug-likeness (QED) is 0.686. The number of carbonyl (C=O) groups excluding carboxylic acids is 1. The van der Waals surface area contributed by atoms with Crippen molar-refractivity contribution in [1.82, 2.24) is 20.0 Å². The largest absolute Gasteiger partial charge is 0.338 e. The van der Waals surface area contributed by atoms with Gasteiger partial charge in [0.05, 0.1) is 11.8 Å². The Balaban J connectivity index is 1.52. The van der Waals surface area contributed by atoms with Crippen molar-refractivity contribution in [3.63, 3.8) is 0 Å². The number of likely N-dealkylation sites (tertiary alicyclic amines) is 1. The van der Waals surface area contributed by atoms with Crippen LogP contribution in [0.4, 0.5) is 13.2 Å². The van der Waals surface area contributed by atoms with Gasteiger partial charge in [-0.3, -0.25) is 9.78 Å². The van der Waals surface area contributed by atoms with Crippen LogP contribution in [0.25, 0.3) is 11.5 Å². The number of hydrogen-bond donors (Lipinski definition) is 0. The first-order valence-electron chi connectivity index (χ1n) is 8.70. The predicted molar refractivity (Wildman–Crippen MR) is 91.7 cm³/mol. The van der Waals surface area contributed by atoms with E-state index in [0.717, 1.165) is 24.8 Å². The number of aromatic nitrogens is 3. The Labute approximate surface area is 158 Å². The summed E-state index contributed by atoms with van der Waals surface area (Å²) in [5.74, 6) is -2.83. The SMILES string of the molecule is O=C(c1ccc(F)c(F)c1)N1CCC[C@H](c2noc(-c3ccncc3F)n2)C1. The monoisotopic (exact) mass is 388 g/mol. The molecule has 0 N–H and O–H groups in total. The van der Waals surface area contributed by atoms with Crippen molar-refractivity contribution in [3.05, 3.63) is 65.5 Å². The third-order valence-electron chi connectivity index (χ3n) is 4.68. The molecule has 28 heavy (non-hydrogen) atoms. The maximum absolute atomic E-state index is 13.8. The lowest BCUT2D eigenvalue weighted by Crippen LogP contribution is -2.39. The van der Waals surface area contributed by atoms with E-state index >= 15 is 0 Å². The highest BCUT2D eigenvalue weighted by atomic mass is 19.2. The van der Waals surface area contributed by atoms with Gasteiger partial charge in [0.15, 0.2) is 23.3 Å². The van der Waals surface area contributed by atoms with Crippen LogP contribution in [0.2, 0.25) is 0 Å². The predicted octanol–water partition coefficient (Wildman–Crippen LogP) is 3.57. The molecule has 1 aliphatic heterocycles. The van der Waals surface area contributed by atoms with Crippen molar-refractivity contribution in [2.75, 3.05) is 13.1 Å². The summed E-state index contributed by atoms with van der Waals surface area (Å²) in [6.45, 7) is 0.785. The molecule has 1 aromatic carbocycles. The van der Waals surface area contributed by atoms with Crippen LogP contribution in [0, 0.1) is 17.5 Å². The molecule has 0 bridgehead atoms. The molecule has 0 radical (unpaired) electrons. The minimum atomic E-state index is -1.07. The first kappa shape index (κ1) is 18.1. The highest BCUT2D eigenvalue weighted by molar-refractivity contribution is 5.94. The van der Waals surface area contributed by atoms with Crippen molar-refractivity contribution >= 4 is 5.91 Å². The van der Waals surface area contributed by atoms with Crippen molar-refractivity contribution in [2.45, 2.75) is 18.8 Å². The van der Waals surface area contributed by atoms with Crippen LogP contribution in [0.1, 0.15) is 34.9 Å². The average molecular weight is 388 g/mol. The summed E-state index contributed by atoms with van der Waals surface area (Å²) in [5.41, 5.74) is 0.228. The van der Waals surface area contributed by atoms with E-state index in [1.54, 1.807) is 4.90 Å². The Bertz CT molecular complexity index is 1020. The Hall–Kier alpha value is -3.23. The second kappa shape index (κ2) is 7.41. The topological polar surface area (TPSA) is 72.1 Å². The maximum atomic E-state index is 13.8. The molecule has 0 unspecified atom stereocenters. The number of pyridine rings is 1. The molecule has 1 aliphatic rings. The molecule has 0 spiro atoms. The van der Waals surface area contributed by atoms with E-state index < -0.39 is 23.4 Å². The zero-order valence-electron chi connectivity index (χ0n) is 14.6. The van der Waals surface area contributed by atoms with Gasteiger partial charge in [0.2, 0.25) is 0 Å². The molecule has 0 aliphatic carbocycles. The highest BCUT2D eigenvalue weighted by Gasteiger charge is 2.29. The maximum Gasteiger partial charge on any atom is 0.261 e. The van der Waals surface area contributed by atoms with Gasteiger partial charge in [-0.1, -0.05) is 5.16 Å². The smallest absolute Gasteiger partial charge is 0.261 e. The first-order valence-corrected chi connectivity index (χ1v) is 8.70. The Morgan fingerprint density at radius 2 is 2.00 bits per heavy atom. The van der Waals surface area contributed by atoms with Crippen molar-refractivity contribution in [2.24, 2.45) is 0 Å². The molecule has 3 aromatic rings. The zero-order chi connectivity index (χ0) is 19.7. The molecule has 1 fully saturated rings. The van der Waals surface area contributed by atoms with E-state index in [-0.39, 0.29) is 22.9 Å². The molecule has 9 heteroatoms. The van der Waals surface area contributed by atoms with Crippen LogP contribution >= 0.6 is 0 Å². The van der Waals surface area contributed by atoms with Gasteiger partial charge in [0.25, 0.3) is 11.8 Å². The number of hydrogen-bond acceptors (Lipinski definition) is 5. The summed E-state index contributed by atoms with van der Waals surface area (Å²) >= 11 is 0.